The lowest BCUT2D eigenvalue weighted by Gasteiger charge is -2.18. The van der Waals surface area contributed by atoms with Gasteiger partial charge in [-0.05, 0) is 47.8 Å². The molecular weight excluding hydrogens is 417 g/mol. The van der Waals surface area contributed by atoms with Crippen molar-refractivity contribution in [3.05, 3.63) is 101 Å². The minimum atomic E-state index is -0.303. The predicted octanol–water partition coefficient (Wildman–Crippen LogP) is 5.47. The summed E-state index contributed by atoms with van der Waals surface area (Å²) in [6.45, 7) is 13.2. The molecule has 1 heterocycles. The van der Waals surface area contributed by atoms with Crippen molar-refractivity contribution in [2.24, 2.45) is 5.73 Å². The van der Waals surface area contributed by atoms with Crippen LogP contribution >= 0.6 is 0 Å². The molecule has 0 radical (unpaired) electrons. The van der Waals surface area contributed by atoms with Gasteiger partial charge in [-0.2, -0.15) is 0 Å². The molecule has 1 aliphatic heterocycles. The van der Waals surface area contributed by atoms with Gasteiger partial charge in [-0.15, -0.1) is 0 Å². The Bertz CT molecular complexity index is 1010. The Balaban J connectivity index is 2.04. The number of benzene rings is 1. The number of nitrogens with one attached hydrogen (secondary N) is 1. The lowest BCUT2D eigenvalue weighted by atomic mass is 10.1. The third kappa shape index (κ3) is 7.32. The summed E-state index contributed by atoms with van der Waals surface area (Å²) in [6, 6.07) is 6.22. The van der Waals surface area contributed by atoms with Crippen LogP contribution in [0.1, 0.15) is 32.3 Å². The van der Waals surface area contributed by atoms with Gasteiger partial charge in [-0.1, -0.05) is 62.9 Å². The van der Waals surface area contributed by atoms with Crippen LogP contribution in [0, 0.1) is 5.82 Å². The van der Waals surface area contributed by atoms with Gasteiger partial charge < -0.3 is 20.7 Å². The fourth-order valence-electron chi connectivity index (χ4n) is 3.55. The van der Waals surface area contributed by atoms with Crippen molar-refractivity contribution in [1.82, 2.24) is 10.2 Å². The summed E-state index contributed by atoms with van der Waals surface area (Å²) < 4.78 is 19.2. The monoisotopic (exact) mass is 451 g/mol. The number of hydrogen-bond donors (Lipinski definition) is 2. The van der Waals surface area contributed by atoms with E-state index < -0.39 is 0 Å². The van der Waals surface area contributed by atoms with E-state index in [0.717, 1.165) is 24.0 Å². The van der Waals surface area contributed by atoms with E-state index in [2.05, 4.69) is 31.5 Å². The van der Waals surface area contributed by atoms with Gasteiger partial charge in [0, 0.05) is 25.8 Å². The van der Waals surface area contributed by atoms with E-state index in [1.54, 1.807) is 55.4 Å². The molecule has 2 rings (SSSR count). The summed E-state index contributed by atoms with van der Waals surface area (Å²) in [5, 5.41) is 2.75. The zero-order chi connectivity index (χ0) is 24.4. The Hall–Kier alpha value is -3.38. The van der Waals surface area contributed by atoms with E-state index in [0.29, 0.717) is 36.5 Å². The minimum absolute atomic E-state index is 0.285. The first-order chi connectivity index (χ1) is 15.8. The van der Waals surface area contributed by atoms with Crippen molar-refractivity contribution < 1.29 is 13.9 Å². The first-order valence-corrected chi connectivity index (χ1v) is 11.0. The molecule has 0 saturated carbocycles. The lowest BCUT2D eigenvalue weighted by Crippen LogP contribution is -2.39. The molecule has 0 atom stereocenters. The van der Waals surface area contributed by atoms with Crippen molar-refractivity contribution in [3.63, 3.8) is 0 Å². The maximum atomic E-state index is 13.9. The normalized spacial score (nSPS) is 15.2. The average molecular weight is 452 g/mol. The Morgan fingerprint density at radius 2 is 1.97 bits per heavy atom. The van der Waals surface area contributed by atoms with E-state index in [9.17, 15) is 9.18 Å². The highest BCUT2D eigenvalue weighted by molar-refractivity contribution is 5.79. The molecule has 1 aliphatic rings. The van der Waals surface area contributed by atoms with Crippen LogP contribution in [0.4, 0.5) is 9.18 Å². The van der Waals surface area contributed by atoms with Gasteiger partial charge in [-0.25, -0.2) is 9.18 Å². The Morgan fingerprint density at radius 1 is 1.27 bits per heavy atom. The molecule has 5 nitrogen and oxygen atoms in total. The Labute approximate surface area is 196 Å². The molecule has 0 bridgehead atoms. The van der Waals surface area contributed by atoms with Crippen LogP contribution in [-0.4, -0.2) is 37.7 Å². The van der Waals surface area contributed by atoms with Gasteiger partial charge in [0.05, 0.1) is 18.0 Å². The van der Waals surface area contributed by atoms with Gasteiger partial charge in [0.15, 0.2) is 0 Å². The van der Waals surface area contributed by atoms with Crippen LogP contribution in [0.5, 0.6) is 0 Å². The zero-order valence-corrected chi connectivity index (χ0v) is 19.8. The smallest absolute Gasteiger partial charge is 0.322 e. The van der Waals surface area contributed by atoms with Crippen molar-refractivity contribution in [2.45, 2.75) is 26.7 Å². The molecule has 6 heteroatoms. The molecule has 33 heavy (non-hydrogen) atoms. The molecule has 0 spiro atoms. The van der Waals surface area contributed by atoms with E-state index in [-0.39, 0.29) is 17.5 Å². The second-order valence-corrected chi connectivity index (χ2v) is 7.96. The molecule has 2 amide bonds. The molecule has 1 aromatic carbocycles. The molecule has 0 fully saturated rings. The van der Waals surface area contributed by atoms with Crippen LogP contribution < -0.4 is 11.1 Å². The summed E-state index contributed by atoms with van der Waals surface area (Å²) in [6.07, 6.45) is 9.16. The summed E-state index contributed by atoms with van der Waals surface area (Å²) in [7, 11) is 1.68. The van der Waals surface area contributed by atoms with Gasteiger partial charge >= 0.3 is 6.03 Å². The number of halogens is 1. The number of methoxy groups -OCH3 is 1. The van der Waals surface area contributed by atoms with Crippen molar-refractivity contribution >= 4 is 11.6 Å². The standard InChI is InChI=1S/C27H34FN3O2/c1-6-10-21(18-33-5)15-23-17-31(16-22(23)7-2)27(32)30-20(4)26(29)14-13-19(3)24-11-8-9-12-25(24)28/h7-9,11-15H,2,4,6,10,16-18,29H2,1,3,5H3,(H,30,32)/b19-13+,21-15+,26-14+. The average Bonchev–Trinajstić information content (AvgIpc) is 3.20. The van der Waals surface area contributed by atoms with E-state index in [4.69, 9.17) is 10.5 Å². The molecule has 0 saturated heterocycles. The zero-order valence-electron chi connectivity index (χ0n) is 19.8. The number of carbonyl (C=O) groups is 1. The first kappa shape index (κ1) is 25.9. The predicted molar refractivity (Wildman–Crippen MR) is 134 cm³/mol. The van der Waals surface area contributed by atoms with Crippen LogP contribution in [0.15, 0.2) is 89.8 Å². The van der Waals surface area contributed by atoms with Crippen LogP contribution in [0.2, 0.25) is 0 Å². The van der Waals surface area contributed by atoms with Gasteiger partial charge in [0.2, 0.25) is 0 Å². The molecule has 3 N–H and O–H groups in total. The summed E-state index contributed by atoms with van der Waals surface area (Å²) in [5.41, 5.74) is 11.1. The Kier molecular flexibility index (Phi) is 9.88. The number of allylic oxidation sites excluding steroid dienone is 3. The van der Waals surface area contributed by atoms with Crippen molar-refractivity contribution in [1.29, 1.82) is 0 Å². The molecular formula is C27H34FN3O2. The lowest BCUT2D eigenvalue weighted by molar-refractivity contribution is 0.213. The minimum Gasteiger partial charge on any atom is -0.397 e. The second kappa shape index (κ2) is 12.6. The van der Waals surface area contributed by atoms with Gasteiger partial charge in [0.1, 0.15) is 5.82 Å². The number of nitrogens with two attached hydrogens (primary N) is 1. The molecule has 176 valence electrons. The largest absolute Gasteiger partial charge is 0.397 e. The van der Waals surface area contributed by atoms with Gasteiger partial charge in [-0.3, -0.25) is 0 Å². The number of carbonyl (C=O) groups excluding carboxylic acids is 1. The second-order valence-electron chi connectivity index (χ2n) is 7.96. The third-order valence-corrected chi connectivity index (χ3v) is 5.37. The highest BCUT2D eigenvalue weighted by Gasteiger charge is 2.24. The van der Waals surface area contributed by atoms with E-state index in [1.165, 1.54) is 11.6 Å². The maximum absolute atomic E-state index is 13.9. The van der Waals surface area contributed by atoms with Crippen LogP contribution in [-0.2, 0) is 4.74 Å². The Morgan fingerprint density at radius 3 is 2.61 bits per heavy atom. The van der Waals surface area contributed by atoms with Crippen molar-refractivity contribution in [2.75, 3.05) is 26.8 Å². The molecule has 0 aliphatic carbocycles. The first-order valence-electron chi connectivity index (χ1n) is 11.0. The summed E-state index contributed by atoms with van der Waals surface area (Å²) in [4.78, 5) is 14.5. The topological polar surface area (TPSA) is 67.6 Å². The maximum Gasteiger partial charge on any atom is 0.322 e. The number of hydrogen-bond acceptors (Lipinski definition) is 3. The summed E-state index contributed by atoms with van der Waals surface area (Å²) in [5.74, 6) is -0.303. The molecule has 0 unspecified atom stereocenters. The van der Waals surface area contributed by atoms with E-state index >= 15 is 0 Å². The number of rotatable bonds is 10. The number of nitrogens with zero attached hydrogens (tertiary/aromatic N) is 1. The number of amides is 2. The highest BCUT2D eigenvalue weighted by Crippen LogP contribution is 2.23. The van der Waals surface area contributed by atoms with Crippen LogP contribution in [0.3, 0.4) is 0 Å². The molecule has 0 aromatic heterocycles. The fraction of sp³-hybridized carbons (Fsp3) is 0.296. The molecule has 1 aromatic rings. The van der Waals surface area contributed by atoms with Crippen molar-refractivity contribution in [3.8, 4) is 0 Å². The number of ether oxygens (including phenoxy) is 1. The third-order valence-electron chi connectivity index (χ3n) is 5.37. The quantitative estimate of drug-likeness (QED) is 0.464. The number of urea groups is 1. The van der Waals surface area contributed by atoms with E-state index in [1.807, 2.05) is 0 Å². The fourth-order valence-corrected chi connectivity index (χ4v) is 3.55. The van der Waals surface area contributed by atoms with Gasteiger partial charge in [0.25, 0.3) is 0 Å². The SMILES string of the molecule is C=CC1=C(/C=C(\CCC)COC)CN(C(=O)NC(=C)/C(N)=C\C=C(/C)c2ccccc2F)C1. The summed E-state index contributed by atoms with van der Waals surface area (Å²) >= 11 is 0. The highest BCUT2D eigenvalue weighted by atomic mass is 19.1. The van der Waals surface area contributed by atoms with Crippen LogP contribution in [0.25, 0.3) is 5.57 Å².